The summed E-state index contributed by atoms with van der Waals surface area (Å²) < 4.78 is 32.0. The van der Waals surface area contributed by atoms with Gasteiger partial charge in [-0.05, 0) is 30.3 Å². The predicted octanol–water partition coefficient (Wildman–Crippen LogP) is 0.591. The molecule has 23 heavy (non-hydrogen) atoms. The number of hydrogen-bond acceptors (Lipinski definition) is 6. The Morgan fingerprint density at radius 3 is 2.74 bits per heavy atom. The summed E-state index contributed by atoms with van der Waals surface area (Å²) >= 11 is 0. The number of benzene rings is 1. The number of rotatable bonds is 7. The van der Waals surface area contributed by atoms with Crippen LogP contribution in [0.3, 0.4) is 0 Å². The maximum Gasteiger partial charge on any atom is 0.307 e. The Morgan fingerprint density at radius 2 is 2.13 bits per heavy atom. The van der Waals surface area contributed by atoms with Gasteiger partial charge in [0.05, 0.1) is 30.7 Å². The molecule has 1 aromatic heterocycles. The van der Waals surface area contributed by atoms with Gasteiger partial charge in [-0.25, -0.2) is 13.1 Å². The fourth-order valence-corrected chi connectivity index (χ4v) is 2.95. The van der Waals surface area contributed by atoms with E-state index in [2.05, 4.69) is 14.9 Å². The van der Waals surface area contributed by atoms with Crippen molar-refractivity contribution in [3.8, 4) is 5.75 Å². The first-order chi connectivity index (χ1) is 10.9. The molecule has 0 bridgehead atoms. The number of carbonyl (C=O) groups is 1. The molecule has 0 radical (unpaired) electrons. The number of carboxylic acids is 1. The van der Waals surface area contributed by atoms with E-state index >= 15 is 0 Å². The number of hydrogen-bond donors (Lipinski definition) is 2. The zero-order valence-electron chi connectivity index (χ0n) is 12.3. The van der Waals surface area contributed by atoms with Crippen molar-refractivity contribution in [1.29, 1.82) is 0 Å². The number of aliphatic carboxylic acids is 1. The highest BCUT2D eigenvalue weighted by Gasteiger charge is 2.17. The van der Waals surface area contributed by atoms with Crippen LogP contribution < -0.4 is 9.46 Å². The van der Waals surface area contributed by atoms with Gasteiger partial charge in [-0.3, -0.25) is 4.79 Å². The number of ether oxygens (including phenoxy) is 1. The first-order valence-electron chi connectivity index (χ1n) is 6.57. The molecule has 0 aliphatic rings. The maximum atomic E-state index is 12.3. The van der Waals surface area contributed by atoms with Gasteiger partial charge in [-0.1, -0.05) is 0 Å². The molecule has 1 heterocycles. The van der Waals surface area contributed by atoms with Crippen molar-refractivity contribution >= 4 is 16.0 Å². The summed E-state index contributed by atoms with van der Waals surface area (Å²) in [4.78, 5) is 10.8. The molecule has 2 N–H and O–H groups in total. The van der Waals surface area contributed by atoms with Crippen LogP contribution >= 0.6 is 0 Å². The van der Waals surface area contributed by atoms with E-state index in [1.807, 2.05) is 0 Å². The molecule has 1 aromatic carbocycles. The van der Waals surface area contributed by atoms with E-state index < -0.39 is 16.0 Å². The third kappa shape index (κ3) is 4.47. The zero-order valence-corrected chi connectivity index (χ0v) is 13.1. The van der Waals surface area contributed by atoms with Crippen molar-refractivity contribution in [3.05, 3.63) is 47.8 Å². The summed E-state index contributed by atoms with van der Waals surface area (Å²) in [5.41, 5.74) is 0.748. The number of sulfonamides is 1. The SMILES string of the molecule is COc1ccc(S(=O)(=O)NCc2cccnn2)cc1CC(=O)O. The Kier molecular flexibility index (Phi) is 5.24. The van der Waals surface area contributed by atoms with Crippen LogP contribution in [0.5, 0.6) is 5.75 Å². The van der Waals surface area contributed by atoms with Gasteiger partial charge in [0.2, 0.25) is 10.0 Å². The molecule has 0 saturated carbocycles. The Labute approximate surface area is 133 Å². The molecule has 0 amide bonds. The summed E-state index contributed by atoms with van der Waals surface area (Å²) in [5.74, 6) is -0.759. The summed E-state index contributed by atoms with van der Waals surface area (Å²) in [6.07, 6.45) is 1.15. The van der Waals surface area contributed by atoms with Crippen LogP contribution in [-0.4, -0.2) is 36.8 Å². The molecule has 122 valence electrons. The lowest BCUT2D eigenvalue weighted by Crippen LogP contribution is -2.24. The van der Waals surface area contributed by atoms with E-state index in [1.165, 1.54) is 31.5 Å². The largest absolute Gasteiger partial charge is 0.496 e. The van der Waals surface area contributed by atoms with Gasteiger partial charge in [0.1, 0.15) is 5.75 Å². The number of aromatic nitrogens is 2. The van der Waals surface area contributed by atoms with E-state index in [0.29, 0.717) is 11.4 Å². The minimum atomic E-state index is -3.81. The summed E-state index contributed by atoms with van der Waals surface area (Å²) in [6, 6.07) is 7.35. The zero-order chi connectivity index (χ0) is 16.9. The summed E-state index contributed by atoms with van der Waals surface area (Å²) in [7, 11) is -2.42. The highest BCUT2D eigenvalue weighted by atomic mass is 32.2. The van der Waals surface area contributed by atoms with Gasteiger partial charge >= 0.3 is 5.97 Å². The van der Waals surface area contributed by atoms with Gasteiger partial charge < -0.3 is 9.84 Å². The van der Waals surface area contributed by atoms with Crippen molar-refractivity contribution in [2.75, 3.05) is 7.11 Å². The summed E-state index contributed by atoms with van der Waals surface area (Å²) in [6.45, 7) is -0.0174. The Morgan fingerprint density at radius 1 is 1.35 bits per heavy atom. The number of nitrogens with zero attached hydrogens (tertiary/aromatic N) is 2. The van der Waals surface area contributed by atoms with Crippen molar-refractivity contribution in [3.63, 3.8) is 0 Å². The molecule has 0 aliphatic heterocycles. The smallest absolute Gasteiger partial charge is 0.307 e. The van der Waals surface area contributed by atoms with E-state index in [4.69, 9.17) is 9.84 Å². The minimum Gasteiger partial charge on any atom is -0.496 e. The second-order valence-corrected chi connectivity index (χ2v) is 6.35. The normalized spacial score (nSPS) is 11.2. The van der Waals surface area contributed by atoms with Gasteiger partial charge in [-0.2, -0.15) is 10.2 Å². The van der Waals surface area contributed by atoms with Crippen LogP contribution in [0.15, 0.2) is 41.4 Å². The predicted molar refractivity (Wildman–Crippen MR) is 80.4 cm³/mol. The number of carboxylic acid groups (broad SMARTS) is 1. The van der Waals surface area contributed by atoms with Crippen molar-refractivity contribution in [2.45, 2.75) is 17.9 Å². The van der Waals surface area contributed by atoms with Crippen molar-refractivity contribution in [2.24, 2.45) is 0 Å². The molecule has 9 heteroatoms. The Hall–Kier alpha value is -2.52. The molecule has 2 aromatic rings. The Bertz CT molecular complexity index is 793. The van der Waals surface area contributed by atoms with E-state index in [9.17, 15) is 13.2 Å². The lowest BCUT2D eigenvalue weighted by atomic mass is 10.1. The van der Waals surface area contributed by atoms with Crippen LogP contribution in [0.1, 0.15) is 11.3 Å². The van der Waals surface area contributed by atoms with Gasteiger partial charge in [0, 0.05) is 11.8 Å². The van der Waals surface area contributed by atoms with Crippen LogP contribution in [0, 0.1) is 0 Å². The fraction of sp³-hybridized carbons (Fsp3) is 0.214. The van der Waals surface area contributed by atoms with E-state index in [-0.39, 0.29) is 23.4 Å². The third-order valence-corrected chi connectivity index (χ3v) is 4.37. The van der Waals surface area contributed by atoms with Gasteiger partial charge in [0.15, 0.2) is 0 Å². The minimum absolute atomic E-state index is 0.0174. The van der Waals surface area contributed by atoms with E-state index in [0.717, 1.165) is 0 Å². The molecule has 0 fully saturated rings. The fourth-order valence-electron chi connectivity index (χ4n) is 1.90. The standard InChI is InChI=1S/C14H15N3O5S/c1-22-13-5-4-12(7-10(13)8-14(18)19)23(20,21)16-9-11-3-2-6-15-17-11/h2-7,16H,8-9H2,1H3,(H,18,19). The average Bonchev–Trinajstić information content (AvgIpc) is 2.53. The molecule has 8 nitrogen and oxygen atoms in total. The van der Waals surface area contributed by atoms with Crippen LogP contribution in [0.2, 0.25) is 0 Å². The third-order valence-electron chi connectivity index (χ3n) is 2.97. The lowest BCUT2D eigenvalue weighted by Gasteiger charge is -2.10. The highest BCUT2D eigenvalue weighted by molar-refractivity contribution is 7.89. The first-order valence-corrected chi connectivity index (χ1v) is 8.05. The van der Waals surface area contributed by atoms with Crippen LogP contribution in [0.25, 0.3) is 0 Å². The second-order valence-electron chi connectivity index (χ2n) is 4.58. The first kappa shape index (κ1) is 16.8. The average molecular weight is 337 g/mol. The molecular weight excluding hydrogens is 322 g/mol. The molecule has 0 spiro atoms. The maximum absolute atomic E-state index is 12.3. The highest BCUT2D eigenvalue weighted by Crippen LogP contribution is 2.23. The molecule has 0 atom stereocenters. The van der Waals surface area contributed by atoms with Crippen molar-refractivity contribution in [1.82, 2.24) is 14.9 Å². The topological polar surface area (TPSA) is 118 Å². The number of methoxy groups -OCH3 is 1. The molecular formula is C14H15N3O5S. The van der Waals surface area contributed by atoms with Crippen LogP contribution in [-0.2, 0) is 27.8 Å². The van der Waals surface area contributed by atoms with Gasteiger partial charge in [0.25, 0.3) is 0 Å². The Balaban J connectivity index is 2.23. The quantitative estimate of drug-likeness (QED) is 0.759. The second kappa shape index (κ2) is 7.16. The van der Waals surface area contributed by atoms with Crippen molar-refractivity contribution < 1.29 is 23.1 Å². The van der Waals surface area contributed by atoms with E-state index in [1.54, 1.807) is 12.1 Å². The number of nitrogens with one attached hydrogen (secondary N) is 1. The molecule has 0 aliphatic carbocycles. The molecule has 0 unspecified atom stereocenters. The monoisotopic (exact) mass is 337 g/mol. The van der Waals surface area contributed by atoms with Crippen LogP contribution in [0.4, 0.5) is 0 Å². The molecule has 2 rings (SSSR count). The molecule has 0 saturated heterocycles. The summed E-state index contributed by atoms with van der Waals surface area (Å²) in [5, 5.41) is 16.3. The van der Waals surface area contributed by atoms with Gasteiger partial charge in [-0.15, -0.1) is 0 Å². The lowest BCUT2D eigenvalue weighted by molar-refractivity contribution is -0.136.